The summed E-state index contributed by atoms with van der Waals surface area (Å²) in [6, 6.07) is 5.15. The maximum atomic E-state index is 9.08. The molecule has 0 bridgehead atoms. The number of aromatic hydroxyl groups is 1. The molecule has 2 rings (SSSR count). The van der Waals surface area contributed by atoms with Gasteiger partial charge in [-0.25, -0.2) is 4.98 Å². The second kappa shape index (κ2) is 2.36. The molecule has 2 aromatic rings. The lowest BCUT2D eigenvalue weighted by Crippen LogP contribution is -1.71. The minimum Gasteiger partial charge on any atom is -0.499 e. The SMILES string of the molecule is Oc1cc2nc(Cl)ccc2s1. The van der Waals surface area contributed by atoms with E-state index >= 15 is 0 Å². The van der Waals surface area contributed by atoms with Crippen LogP contribution in [0.2, 0.25) is 5.15 Å². The van der Waals surface area contributed by atoms with Crippen LogP contribution in [0.4, 0.5) is 0 Å². The molecule has 0 spiro atoms. The Morgan fingerprint density at radius 2 is 2.27 bits per heavy atom. The number of halogens is 1. The van der Waals surface area contributed by atoms with Gasteiger partial charge in [0.1, 0.15) is 5.15 Å². The van der Waals surface area contributed by atoms with Crippen LogP contribution in [0.15, 0.2) is 18.2 Å². The summed E-state index contributed by atoms with van der Waals surface area (Å²) in [6.07, 6.45) is 0. The molecule has 2 aromatic heterocycles. The van der Waals surface area contributed by atoms with E-state index in [1.54, 1.807) is 12.1 Å². The number of rotatable bonds is 0. The van der Waals surface area contributed by atoms with Crippen LogP contribution in [0.3, 0.4) is 0 Å². The average molecular weight is 186 g/mol. The Hall–Kier alpha value is -0.800. The van der Waals surface area contributed by atoms with E-state index in [9.17, 15) is 0 Å². The second-order valence-corrected chi connectivity index (χ2v) is 3.55. The van der Waals surface area contributed by atoms with Crippen LogP contribution < -0.4 is 0 Å². The van der Waals surface area contributed by atoms with Gasteiger partial charge in [0.25, 0.3) is 0 Å². The molecule has 0 aliphatic heterocycles. The molecular weight excluding hydrogens is 182 g/mol. The maximum absolute atomic E-state index is 9.08. The number of pyridine rings is 1. The normalized spacial score (nSPS) is 10.6. The third-order valence-electron chi connectivity index (χ3n) is 1.33. The van der Waals surface area contributed by atoms with E-state index in [1.807, 2.05) is 6.07 Å². The van der Waals surface area contributed by atoms with Gasteiger partial charge in [-0.2, -0.15) is 0 Å². The molecule has 0 aliphatic carbocycles. The van der Waals surface area contributed by atoms with Crippen LogP contribution in [0.1, 0.15) is 0 Å². The molecule has 11 heavy (non-hydrogen) atoms. The van der Waals surface area contributed by atoms with Crippen molar-refractivity contribution in [1.82, 2.24) is 4.98 Å². The van der Waals surface area contributed by atoms with Crippen molar-refractivity contribution in [3.63, 3.8) is 0 Å². The highest BCUT2D eigenvalue weighted by atomic mass is 35.5. The van der Waals surface area contributed by atoms with Crippen LogP contribution in [0.25, 0.3) is 10.2 Å². The highest BCUT2D eigenvalue weighted by Crippen LogP contribution is 2.29. The van der Waals surface area contributed by atoms with Gasteiger partial charge in [0.15, 0.2) is 5.06 Å². The van der Waals surface area contributed by atoms with Gasteiger partial charge in [-0.15, -0.1) is 0 Å². The third kappa shape index (κ3) is 1.17. The quantitative estimate of drug-likeness (QED) is 0.641. The topological polar surface area (TPSA) is 33.1 Å². The Balaban J connectivity index is 2.82. The van der Waals surface area contributed by atoms with E-state index in [2.05, 4.69) is 4.98 Å². The second-order valence-electron chi connectivity index (χ2n) is 2.10. The first kappa shape index (κ1) is 6.88. The summed E-state index contributed by atoms with van der Waals surface area (Å²) in [5, 5.41) is 9.81. The Morgan fingerprint density at radius 1 is 1.45 bits per heavy atom. The van der Waals surface area contributed by atoms with E-state index < -0.39 is 0 Å². The lowest BCUT2D eigenvalue weighted by atomic mass is 10.4. The van der Waals surface area contributed by atoms with Crippen molar-refractivity contribution in [1.29, 1.82) is 0 Å². The average Bonchev–Trinajstić information content (AvgIpc) is 2.27. The van der Waals surface area contributed by atoms with E-state index in [-0.39, 0.29) is 5.06 Å². The highest BCUT2D eigenvalue weighted by Gasteiger charge is 2.00. The van der Waals surface area contributed by atoms with E-state index in [0.717, 1.165) is 10.2 Å². The molecule has 0 aliphatic rings. The summed E-state index contributed by atoms with van der Waals surface area (Å²) in [5.41, 5.74) is 0.750. The monoisotopic (exact) mass is 185 g/mol. The molecule has 0 fully saturated rings. The first-order chi connectivity index (χ1) is 5.25. The van der Waals surface area contributed by atoms with Crippen molar-refractivity contribution >= 4 is 33.2 Å². The number of nitrogens with zero attached hydrogens (tertiary/aromatic N) is 1. The molecule has 0 radical (unpaired) electrons. The van der Waals surface area contributed by atoms with Gasteiger partial charge in [-0.05, 0) is 12.1 Å². The molecule has 0 amide bonds. The smallest absolute Gasteiger partial charge is 0.173 e. The van der Waals surface area contributed by atoms with Crippen LogP contribution in [-0.4, -0.2) is 10.1 Å². The molecule has 0 saturated heterocycles. The lowest BCUT2D eigenvalue weighted by molar-refractivity contribution is 0.491. The first-order valence-electron chi connectivity index (χ1n) is 3.01. The van der Waals surface area contributed by atoms with Gasteiger partial charge < -0.3 is 5.11 Å². The number of aromatic nitrogens is 1. The fourth-order valence-electron chi connectivity index (χ4n) is 0.886. The van der Waals surface area contributed by atoms with E-state index in [0.29, 0.717) is 5.15 Å². The molecule has 2 heterocycles. The summed E-state index contributed by atoms with van der Waals surface area (Å²) in [4.78, 5) is 4.01. The molecule has 2 nitrogen and oxygen atoms in total. The number of hydrogen-bond donors (Lipinski definition) is 1. The minimum atomic E-state index is 0.273. The summed E-state index contributed by atoms with van der Waals surface area (Å²) < 4.78 is 0.951. The number of thiophene rings is 1. The summed E-state index contributed by atoms with van der Waals surface area (Å²) in [6.45, 7) is 0. The fourth-order valence-corrected chi connectivity index (χ4v) is 1.78. The first-order valence-corrected chi connectivity index (χ1v) is 4.20. The maximum Gasteiger partial charge on any atom is 0.173 e. The molecule has 1 N–H and O–H groups in total. The van der Waals surface area contributed by atoms with Crippen molar-refractivity contribution in [2.45, 2.75) is 0 Å². The number of fused-ring (bicyclic) bond motifs is 1. The van der Waals surface area contributed by atoms with Crippen molar-refractivity contribution in [3.8, 4) is 5.06 Å². The fraction of sp³-hybridized carbons (Fsp3) is 0. The van der Waals surface area contributed by atoms with Crippen LogP contribution in [-0.2, 0) is 0 Å². The Kier molecular flexibility index (Phi) is 1.47. The van der Waals surface area contributed by atoms with Gasteiger partial charge in [-0.1, -0.05) is 22.9 Å². The van der Waals surface area contributed by atoms with Gasteiger partial charge in [0, 0.05) is 6.07 Å². The Labute approximate surface area is 72.1 Å². The minimum absolute atomic E-state index is 0.273. The van der Waals surface area contributed by atoms with Crippen molar-refractivity contribution in [2.75, 3.05) is 0 Å². The van der Waals surface area contributed by atoms with E-state index in [4.69, 9.17) is 16.7 Å². The van der Waals surface area contributed by atoms with E-state index in [1.165, 1.54) is 11.3 Å². The zero-order valence-electron chi connectivity index (χ0n) is 5.41. The third-order valence-corrected chi connectivity index (χ3v) is 2.43. The van der Waals surface area contributed by atoms with Crippen LogP contribution in [0.5, 0.6) is 5.06 Å². The standard InChI is InChI=1S/C7H4ClNOS/c8-6-2-1-5-4(9-6)3-7(10)11-5/h1-3,10H. The summed E-state index contributed by atoms with van der Waals surface area (Å²) in [5.74, 6) is 0. The van der Waals surface area contributed by atoms with Crippen LogP contribution in [0, 0.1) is 0 Å². The highest BCUT2D eigenvalue weighted by molar-refractivity contribution is 7.20. The number of hydrogen-bond acceptors (Lipinski definition) is 3. The predicted octanol–water partition coefficient (Wildman–Crippen LogP) is 2.66. The molecule has 0 unspecified atom stereocenters. The zero-order valence-corrected chi connectivity index (χ0v) is 6.99. The Bertz CT molecular complexity index is 398. The summed E-state index contributed by atoms with van der Waals surface area (Å²) >= 11 is 6.94. The van der Waals surface area contributed by atoms with Gasteiger partial charge in [0.2, 0.25) is 0 Å². The van der Waals surface area contributed by atoms with Crippen molar-refractivity contribution < 1.29 is 5.11 Å². The molecule has 0 atom stereocenters. The van der Waals surface area contributed by atoms with Crippen LogP contribution >= 0.6 is 22.9 Å². The lowest BCUT2D eigenvalue weighted by Gasteiger charge is -1.86. The molecule has 56 valence electrons. The molecule has 4 heteroatoms. The molecule has 0 aromatic carbocycles. The molecule has 0 saturated carbocycles. The van der Waals surface area contributed by atoms with Crippen molar-refractivity contribution in [3.05, 3.63) is 23.4 Å². The van der Waals surface area contributed by atoms with Gasteiger partial charge >= 0.3 is 0 Å². The largest absolute Gasteiger partial charge is 0.499 e. The Morgan fingerprint density at radius 3 is 3.09 bits per heavy atom. The van der Waals surface area contributed by atoms with Gasteiger partial charge in [0.05, 0.1) is 10.2 Å². The molecular formula is C7H4ClNOS. The predicted molar refractivity (Wildman–Crippen MR) is 46.3 cm³/mol. The van der Waals surface area contributed by atoms with Gasteiger partial charge in [-0.3, -0.25) is 0 Å². The zero-order chi connectivity index (χ0) is 7.84. The van der Waals surface area contributed by atoms with Crippen molar-refractivity contribution in [2.24, 2.45) is 0 Å². The summed E-state index contributed by atoms with van der Waals surface area (Å²) in [7, 11) is 0.